The Bertz CT molecular complexity index is 152. The van der Waals surface area contributed by atoms with Crippen LogP contribution < -0.4 is 0 Å². The quantitative estimate of drug-likeness (QED) is 0.632. The summed E-state index contributed by atoms with van der Waals surface area (Å²) < 4.78 is 0. The van der Waals surface area contributed by atoms with E-state index >= 15 is 0 Å². The van der Waals surface area contributed by atoms with Gasteiger partial charge in [-0.25, -0.2) is 0 Å². The molecule has 0 spiro atoms. The van der Waals surface area contributed by atoms with Gasteiger partial charge in [0.15, 0.2) is 0 Å². The number of aliphatic hydroxyl groups is 2. The minimum atomic E-state index is -0.807. The highest BCUT2D eigenvalue weighted by atomic mass is 16.3. The molecule has 2 N–H and O–H groups in total. The van der Waals surface area contributed by atoms with E-state index in [1.165, 1.54) is 0 Å². The van der Waals surface area contributed by atoms with Crippen LogP contribution in [0.5, 0.6) is 0 Å². The fourth-order valence-corrected chi connectivity index (χ4v) is 2.07. The molecule has 1 unspecified atom stereocenters. The maximum atomic E-state index is 10.0. The summed E-state index contributed by atoms with van der Waals surface area (Å²) >= 11 is 0. The molecule has 0 saturated heterocycles. The Hall–Kier alpha value is -0.0800. The maximum Gasteiger partial charge on any atom is 0.0910 e. The van der Waals surface area contributed by atoms with Gasteiger partial charge in [-0.2, -0.15) is 0 Å². The van der Waals surface area contributed by atoms with Crippen molar-refractivity contribution in [3.05, 3.63) is 0 Å². The monoisotopic (exact) mass is 172 g/mol. The maximum absolute atomic E-state index is 10.0. The van der Waals surface area contributed by atoms with Gasteiger partial charge in [-0.1, -0.05) is 33.6 Å². The third kappa shape index (κ3) is 1.80. The lowest BCUT2D eigenvalue weighted by Crippen LogP contribution is -2.47. The average molecular weight is 172 g/mol. The predicted molar refractivity (Wildman–Crippen MR) is 48.9 cm³/mol. The molecule has 1 aliphatic rings. The van der Waals surface area contributed by atoms with Crippen molar-refractivity contribution < 1.29 is 10.2 Å². The molecule has 1 rings (SSSR count). The zero-order valence-corrected chi connectivity index (χ0v) is 8.30. The molecule has 0 radical (unpaired) electrons. The highest BCUT2D eigenvalue weighted by Gasteiger charge is 2.43. The average Bonchev–Trinajstić information content (AvgIpc) is 2.34. The van der Waals surface area contributed by atoms with E-state index < -0.39 is 11.7 Å². The van der Waals surface area contributed by atoms with Gasteiger partial charge in [-0.15, -0.1) is 0 Å². The zero-order chi connectivity index (χ0) is 9.41. The van der Waals surface area contributed by atoms with E-state index in [-0.39, 0.29) is 5.41 Å². The van der Waals surface area contributed by atoms with Gasteiger partial charge in [0.25, 0.3) is 0 Å². The molecule has 2 nitrogen and oxygen atoms in total. The van der Waals surface area contributed by atoms with Crippen molar-refractivity contribution in [1.82, 2.24) is 0 Å². The van der Waals surface area contributed by atoms with E-state index in [2.05, 4.69) is 0 Å². The van der Waals surface area contributed by atoms with Crippen LogP contribution in [0.3, 0.4) is 0 Å². The largest absolute Gasteiger partial charge is 0.390 e. The first-order valence-electron chi connectivity index (χ1n) is 4.77. The third-order valence-electron chi connectivity index (χ3n) is 2.80. The second kappa shape index (κ2) is 3.00. The van der Waals surface area contributed by atoms with Gasteiger partial charge < -0.3 is 10.2 Å². The van der Waals surface area contributed by atoms with Gasteiger partial charge >= 0.3 is 0 Å². The van der Waals surface area contributed by atoms with Gasteiger partial charge in [0.1, 0.15) is 0 Å². The minimum absolute atomic E-state index is 0.209. The molecule has 2 heteroatoms. The summed E-state index contributed by atoms with van der Waals surface area (Å²) in [7, 11) is 0. The molecule has 72 valence electrons. The lowest BCUT2D eigenvalue weighted by atomic mass is 9.78. The summed E-state index contributed by atoms with van der Waals surface area (Å²) in [6.45, 7) is 5.90. The summed E-state index contributed by atoms with van der Waals surface area (Å²) in [5.74, 6) is 0. The Morgan fingerprint density at radius 1 is 1.17 bits per heavy atom. The van der Waals surface area contributed by atoms with Gasteiger partial charge in [0, 0.05) is 0 Å². The molecule has 1 atom stereocenters. The van der Waals surface area contributed by atoms with Crippen molar-refractivity contribution in [3.63, 3.8) is 0 Å². The first kappa shape index (κ1) is 10.0. The molecule has 1 aliphatic carbocycles. The Morgan fingerprint density at radius 3 is 1.92 bits per heavy atom. The van der Waals surface area contributed by atoms with Gasteiger partial charge in [0.05, 0.1) is 11.7 Å². The predicted octanol–water partition coefficient (Wildman–Crippen LogP) is 1.70. The van der Waals surface area contributed by atoms with Gasteiger partial charge in [-0.3, -0.25) is 0 Å². The second-order valence-corrected chi connectivity index (χ2v) is 5.08. The van der Waals surface area contributed by atoms with E-state index in [4.69, 9.17) is 0 Å². The van der Waals surface area contributed by atoms with Crippen molar-refractivity contribution in [3.8, 4) is 0 Å². The van der Waals surface area contributed by atoms with Crippen LogP contribution in [0.1, 0.15) is 46.5 Å². The fraction of sp³-hybridized carbons (Fsp3) is 1.00. The molecule has 0 amide bonds. The molecule has 0 aromatic rings. The Labute approximate surface area is 74.6 Å². The van der Waals surface area contributed by atoms with Crippen molar-refractivity contribution in [2.45, 2.75) is 58.2 Å². The molecular formula is C10H20O2. The topological polar surface area (TPSA) is 40.5 Å². The SMILES string of the molecule is CC(C)(C)C(O)C1(O)CCCC1. The van der Waals surface area contributed by atoms with E-state index in [9.17, 15) is 10.2 Å². The second-order valence-electron chi connectivity index (χ2n) is 5.08. The van der Waals surface area contributed by atoms with E-state index in [1.807, 2.05) is 20.8 Å². The molecule has 1 fully saturated rings. The van der Waals surface area contributed by atoms with Crippen molar-refractivity contribution in [2.75, 3.05) is 0 Å². The molecule has 0 aromatic heterocycles. The number of aliphatic hydroxyl groups excluding tert-OH is 1. The molecular weight excluding hydrogens is 152 g/mol. The van der Waals surface area contributed by atoms with Crippen LogP contribution in [-0.2, 0) is 0 Å². The number of rotatable bonds is 1. The summed E-state index contributed by atoms with van der Waals surface area (Å²) in [5.41, 5.74) is -1.02. The minimum Gasteiger partial charge on any atom is -0.390 e. The summed E-state index contributed by atoms with van der Waals surface area (Å²) in [6.07, 6.45) is 3.01. The smallest absolute Gasteiger partial charge is 0.0910 e. The third-order valence-corrected chi connectivity index (χ3v) is 2.80. The molecule has 1 saturated carbocycles. The molecule has 12 heavy (non-hydrogen) atoms. The van der Waals surface area contributed by atoms with Crippen molar-refractivity contribution in [2.24, 2.45) is 5.41 Å². The summed E-state index contributed by atoms with van der Waals surface area (Å²) in [4.78, 5) is 0. The van der Waals surface area contributed by atoms with Crippen LogP contribution in [0.2, 0.25) is 0 Å². The first-order valence-corrected chi connectivity index (χ1v) is 4.77. The standard InChI is InChI=1S/C10H20O2/c1-9(2,3)8(11)10(12)6-4-5-7-10/h8,11-12H,4-7H2,1-3H3. The number of hydrogen-bond donors (Lipinski definition) is 2. The highest BCUT2D eigenvalue weighted by molar-refractivity contribution is 4.95. The Kier molecular flexibility index (Phi) is 2.50. The number of hydrogen-bond acceptors (Lipinski definition) is 2. The summed E-state index contributed by atoms with van der Waals surface area (Å²) in [5, 5.41) is 19.9. The van der Waals surface area contributed by atoms with E-state index in [0.29, 0.717) is 0 Å². The summed E-state index contributed by atoms with van der Waals surface area (Å²) in [6, 6.07) is 0. The molecule has 0 aromatic carbocycles. The lowest BCUT2D eigenvalue weighted by molar-refractivity contribution is -0.116. The van der Waals surface area contributed by atoms with Crippen molar-refractivity contribution in [1.29, 1.82) is 0 Å². The fourth-order valence-electron chi connectivity index (χ4n) is 2.07. The van der Waals surface area contributed by atoms with Crippen LogP contribution >= 0.6 is 0 Å². The van der Waals surface area contributed by atoms with Crippen LogP contribution in [0.4, 0.5) is 0 Å². The van der Waals surface area contributed by atoms with E-state index in [1.54, 1.807) is 0 Å². The van der Waals surface area contributed by atoms with Crippen LogP contribution in [0.15, 0.2) is 0 Å². The highest BCUT2D eigenvalue weighted by Crippen LogP contribution is 2.39. The molecule has 0 heterocycles. The Morgan fingerprint density at radius 2 is 1.58 bits per heavy atom. The lowest BCUT2D eigenvalue weighted by Gasteiger charge is -2.37. The van der Waals surface area contributed by atoms with Crippen molar-refractivity contribution >= 4 is 0 Å². The first-order chi connectivity index (χ1) is 5.36. The normalized spacial score (nSPS) is 25.8. The van der Waals surface area contributed by atoms with Gasteiger partial charge in [0.2, 0.25) is 0 Å². The van der Waals surface area contributed by atoms with Crippen LogP contribution in [0.25, 0.3) is 0 Å². The Balaban J connectivity index is 2.68. The van der Waals surface area contributed by atoms with Gasteiger partial charge in [-0.05, 0) is 18.3 Å². The van der Waals surface area contributed by atoms with E-state index in [0.717, 1.165) is 25.7 Å². The van der Waals surface area contributed by atoms with Crippen LogP contribution in [-0.4, -0.2) is 21.9 Å². The molecule has 0 aliphatic heterocycles. The van der Waals surface area contributed by atoms with Crippen LogP contribution in [0, 0.1) is 5.41 Å². The zero-order valence-electron chi connectivity index (χ0n) is 8.30. The molecule has 0 bridgehead atoms.